The summed E-state index contributed by atoms with van der Waals surface area (Å²) in [5.74, 6) is -0.167. The molecule has 2 aromatic rings. The van der Waals surface area contributed by atoms with Gasteiger partial charge in [0.2, 0.25) is 5.91 Å². The van der Waals surface area contributed by atoms with Crippen molar-refractivity contribution in [3.8, 4) is 5.75 Å². The van der Waals surface area contributed by atoms with Gasteiger partial charge < -0.3 is 15.0 Å². The van der Waals surface area contributed by atoms with Gasteiger partial charge in [-0.25, -0.2) is 0 Å². The molecule has 0 heterocycles. The van der Waals surface area contributed by atoms with E-state index in [-0.39, 0.29) is 25.0 Å². The van der Waals surface area contributed by atoms with Crippen LogP contribution in [0.4, 0.5) is 0 Å². The quantitative estimate of drug-likeness (QED) is 0.719. The first-order valence-corrected chi connectivity index (χ1v) is 9.37. The smallest absolute Gasteiger partial charge is 0.261 e. The van der Waals surface area contributed by atoms with Crippen molar-refractivity contribution in [2.24, 2.45) is 0 Å². The molecule has 0 saturated heterocycles. The zero-order valence-electron chi connectivity index (χ0n) is 15.2. The van der Waals surface area contributed by atoms with E-state index in [0.29, 0.717) is 22.3 Å². The molecule has 2 amide bonds. The number of hydrogen-bond acceptors (Lipinski definition) is 3. The first-order chi connectivity index (χ1) is 12.9. The second-order valence-corrected chi connectivity index (χ2v) is 6.72. The molecule has 5 nitrogen and oxygen atoms in total. The lowest BCUT2D eigenvalue weighted by Gasteiger charge is -2.29. The minimum absolute atomic E-state index is 0.197. The first kappa shape index (κ1) is 21.1. The number of ether oxygens (including phenoxy) is 1. The average Bonchev–Trinajstić information content (AvgIpc) is 2.66. The highest BCUT2D eigenvalue weighted by Gasteiger charge is 2.26. The molecule has 0 aliphatic heterocycles. The summed E-state index contributed by atoms with van der Waals surface area (Å²) in [6.45, 7) is 3.94. The summed E-state index contributed by atoms with van der Waals surface area (Å²) in [6.07, 6.45) is 0. The SMILES string of the molecule is CCNC(=O)[C@H](C)N(Cc1ccccc1Cl)C(=O)COc1ccccc1Cl. The van der Waals surface area contributed by atoms with Crippen molar-refractivity contribution in [3.05, 3.63) is 64.1 Å². The molecule has 0 aliphatic rings. The van der Waals surface area contributed by atoms with E-state index in [1.54, 1.807) is 37.3 Å². The monoisotopic (exact) mass is 408 g/mol. The molecule has 27 heavy (non-hydrogen) atoms. The van der Waals surface area contributed by atoms with Gasteiger partial charge in [0, 0.05) is 18.1 Å². The third kappa shape index (κ3) is 5.88. The largest absolute Gasteiger partial charge is 0.482 e. The van der Waals surface area contributed by atoms with Gasteiger partial charge >= 0.3 is 0 Å². The number of hydrogen-bond donors (Lipinski definition) is 1. The topological polar surface area (TPSA) is 58.6 Å². The van der Waals surface area contributed by atoms with Crippen molar-refractivity contribution in [1.82, 2.24) is 10.2 Å². The number of amides is 2. The van der Waals surface area contributed by atoms with E-state index in [4.69, 9.17) is 27.9 Å². The molecule has 144 valence electrons. The molecule has 0 aromatic heterocycles. The number of carbonyl (C=O) groups is 2. The van der Waals surface area contributed by atoms with Crippen LogP contribution in [0, 0.1) is 0 Å². The van der Waals surface area contributed by atoms with Gasteiger partial charge in [-0.2, -0.15) is 0 Å². The molecule has 2 aromatic carbocycles. The number of rotatable bonds is 8. The van der Waals surface area contributed by atoms with Gasteiger partial charge in [0.15, 0.2) is 6.61 Å². The number of likely N-dealkylation sites (N-methyl/N-ethyl adjacent to an activating group) is 1. The number of nitrogens with zero attached hydrogens (tertiary/aromatic N) is 1. The third-order valence-corrected chi connectivity index (χ3v) is 4.69. The van der Waals surface area contributed by atoms with Gasteiger partial charge in [0.25, 0.3) is 5.91 Å². The summed E-state index contributed by atoms with van der Waals surface area (Å²) in [6, 6.07) is 13.4. The fraction of sp³-hybridized carbons (Fsp3) is 0.300. The normalized spacial score (nSPS) is 11.6. The molecule has 0 bridgehead atoms. The molecule has 0 radical (unpaired) electrons. The molecular weight excluding hydrogens is 387 g/mol. The molecule has 0 spiro atoms. The Balaban J connectivity index is 2.17. The molecule has 1 N–H and O–H groups in total. The standard InChI is InChI=1S/C20H22Cl2N2O3/c1-3-23-20(26)14(2)24(12-15-8-4-5-9-16(15)21)19(25)13-27-18-11-7-6-10-17(18)22/h4-11,14H,3,12-13H2,1-2H3,(H,23,26)/t14-/m0/s1. The molecule has 1 atom stereocenters. The average molecular weight is 409 g/mol. The van der Waals surface area contributed by atoms with Crippen LogP contribution in [0.15, 0.2) is 48.5 Å². The van der Waals surface area contributed by atoms with Crippen molar-refractivity contribution in [2.45, 2.75) is 26.4 Å². The highest BCUT2D eigenvalue weighted by molar-refractivity contribution is 6.32. The van der Waals surface area contributed by atoms with Gasteiger partial charge in [0.05, 0.1) is 5.02 Å². The summed E-state index contributed by atoms with van der Waals surface area (Å²) in [5, 5.41) is 3.69. The highest BCUT2D eigenvalue weighted by Crippen LogP contribution is 2.23. The second-order valence-electron chi connectivity index (χ2n) is 5.90. The van der Waals surface area contributed by atoms with E-state index in [0.717, 1.165) is 5.56 Å². The van der Waals surface area contributed by atoms with Crippen LogP contribution in [0.5, 0.6) is 5.75 Å². The Morgan fingerprint density at radius 2 is 1.70 bits per heavy atom. The van der Waals surface area contributed by atoms with Crippen LogP contribution < -0.4 is 10.1 Å². The van der Waals surface area contributed by atoms with Gasteiger partial charge in [-0.3, -0.25) is 9.59 Å². The number of carbonyl (C=O) groups excluding carboxylic acids is 2. The van der Waals surface area contributed by atoms with Crippen LogP contribution in [0.25, 0.3) is 0 Å². The summed E-state index contributed by atoms with van der Waals surface area (Å²) < 4.78 is 5.55. The van der Waals surface area contributed by atoms with Crippen molar-refractivity contribution in [3.63, 3.8) is 0 Å². The Labute approximate surface area is 169 Å². The van der Waals surface area contributed by atoms with Crippen molar-refractivity contribution >= 4 is 35.0 Å². The zero-order chi connectivity index (χ0) is 19.8. The Morgan fingerprint density at radius 1 is 1.07 bits per heavy atom. The maximum atomic E-state index is 12.8. The molecule has 0 saturated carbocycles. The van der Waals surface area contributed by atoms with E-state index in [2.05, 4.69) is 5.32 Å². The lowest BCUT2D eigenvalue weighted by atomic mass is 10.1. The summed E-state index contributed by atoms with van der Waals surface area (Å²) in [5.41, 5.74) is 0.751. The molecule has 2 rings (SSSR count). The van der Waals surface area contributed by atoms with Crippen molar-refractivity contribution in [1.29, 1.82) is 0 Å². The van der Waals surface area contributed by atoms with Crippen LogP contribution in [-0.2, 0) is 16.1 Å². The number of nitrogens with one attached hydrogen (secondary N) is 1. The maximum absolute atomic E-state index is 12.8. The number of halogens is 2. The van der Waals surface area contributed by atoms with E-state index in [1.165, 1.54) is 4.90 Å². The highest BCUT2D eigenvalue weighted by atomic mass is 35.5. The predicted octanol–water partition coefficient (Wildman–Crippen LogP) is 3.93. The molecule has 0 unspecified atom stereocenters. The third-order valence-electron chi connectivity index (χ3n) is 4.00. The molecule has 0 aliphatic carbocycles. The van der Waals surface area contributed by atoms with Crippen LogP contribution in [-0.4, -0.2) is 35.9 Å². The van der Waals surface area contributed by atoms with E-state index in [1.807, 2.05) is 25.1 Å². The van der Waals surface area contributed by atoms with Crippen LogP contribution in [0.3, 0.4) is 0 Å². The van der Waals surface area contributed by atoms with E-state index in [9.17, 15) is 9.59 Å². The Hall–Kier alpha value is -2.24. The number of benzene rings is 2. The molecular formula is C20H22Cl2N2O3. The summed E-state index contributed by atoms with van der Waals surface area (Å²) in [4.78, 5) is 26.6. The van der Waals surface area contributed by atoms with E-state index < -0.39 is 6.04 Å². The second kappa shape index (κ2) is 10.2. The Bertz CT molecular complexity index is 798. The van der Waals surface area contributed by atoms with Gasteiger partial charge in [-0.15, -0.1) is 0 Å². The summed E-state index contributed by atoms with van der Waals surface area (Å²) in [7, 11) is 0. The van der Waals surface area contributed by atoms with Crippen LogP contribution >= 0.6 is 23.2 Å². The lowest BCUT2D eigenvalue weighted by Crippen LogP contribution is -2.49. The van der Waals surface area contributed by atoms with Crippen molar-refractivity contribution < 1.29 is 14.3 Å². The minimum atomic E-state index is -0.677. The van der Waals surface area contributed by atoms with Crippen molar-refractivity contribution in [2.75, 3.05) is 13.2 Å². The zero-order valence-corrected chi connectivity index (χ0v) is 16.8. The fourth-order valence-corrected chi connectivity index (χ4v) is 2.88. The molecule has 0 fully saturated rings. The number of para-hydroxylation sites is 1. The lowest BCUT2D eigenvalue weighted by molar-refractivity contribution is -0.142. The van der Waals surface area contributed by atoms with Gasteiger partial charge in [-0.1, -0.05) is 53.5 Å². The predicted molar refractivity (Wildman–Crippen MR) is 107 cm³/mol. The van der Waals surface area contributed by atoms with Gasteiger partial charge in [0.1, 0.15) is 11.8 Å². The van der Waals surface area contributed by atoms with Gasteiger partial charge in [-0.05, 0) is 37.6 Å². The molecule has 7 heteroatoms. The fourth-order valence-electron chi connectivity index (χ4n) is 2.50. The van der Waals surface area contributed by atoms with Crippen LogP contribution in [0.2, 0.25) is 10.0 Å². The summed E-state index contributed by atoms with van der Waals surface area (Å²) >= 11 is 12.3. The Morgan fingerprint density at radius 3 is 2.33 bits per heavy atom. The van der Waals surface area contributed by atoms with Crippen LogP contribution in [0.1, 0.15) is 19.4 Å². The maximum Gasteiger partial charge on any atom is 0.261 e. The first-order valence-electron chi connectivity index (χ1n) is 8.62. The minimum Gasteiger partial charge on any atom is -0.482 e. The van der Waals surface area contributed by atoms with E-state index >= 15 is 0 Å². The Kier molecular flexibility index (Phi) is 7.95.